The summed E-state index contributed by atoms with van der Waals surface area (Å²) >= 11 is 5.87. The number of carbonyl (C=O) groups excluding carboxylic acids is 1. The van der Waals surface area contributed by atoms with Crippen molar-refractivity contribution in [3.8, 4) is 11.5 Å². The van der Waals surface area contributed by atoms with Crippen LogP contribution < -0.4 is 14.8 Å². The van der Waals surface area contributed by atoms with E-state index in [0.29, 0.717) is 30.5 Å². The van der Waals surface area contributed by atoms with Crippen LogP contribution in [0.15, 0.2) is 85.5 Å². The van der Waals surface area contributed by atoms with Crippen LogP contribution in [0.2, 0.25) is 5.02 Å². The molecule has 1 heterocycles. The average molecular weight is 504 g/mol. The second-order valence-electron chi connectivity index (χ2n) is 8.31. The van der Waals surface area contributed by atoms with Crippen LogP contribution in [0.5, 0.6) is 11.5 Å². The van der Waals surface area contributed by atoms with Gasteiger partial charge in [-0.1, -0.05) is 48.0 Å². The Bertz CT molecular complexity index is 1300. The Morgan fingerprint density at radius 3 is 2.64 bits per heavy atom. The summed E-state index contributed by atoms with van der Waals surface area (Å²) in [6.07, 6.45) is 4.15. The van der Waals surface area contributed by atoms with Crippen molar-refractivity contribution in [3.05, 3.63) is 102 Å². The van der Waals surface area contributed by atoms with Gasteiger partial charge in [-0.05, 0) is 60.9 Å². The van der Waals surface area contributed by atoms with Gasteiger partial charge in [0.15, 0.2) is 6.61 Å². The van der Waals surface area contributed by atoms with Gasteiger partial charge in [0.1, 0.15) is 23.9 Å². The number of hydrogen-bond acceptors (Lipinski definition) is 4. The number of para-hydroxylation sites is 3. The minimum absolute atomic E-state index is 0.0369. The molecule has 0 atom stereocenters. The monoisotopic (exact) mass is 503 g/mol. The molecule has 1 amide bonds. The summed E-state index contributed by atoms with van der Waals surface area (Å²) in [5.74, 6) is 2.31. The molecular weight excluding hydrogens is 474 g/mol. The summed E-state index contributed by atoms with van der Waals surface area (Å²) in [4.78, 5) is 17.0. The largest absolute Gasteiger partial charge is 0.491 e. The second-order valence-corrected chi connectivity index (χ2v) is 8.75. The Balaban J connectivity index is 1.30. The van der Waals surface area contributed by atoms with E-state index in [1.165, 1.54) is 0 Å². The highest BCUT2D eigenvalue weighted by molar-refractivity contribution is 6.30. The van der Waals surface area contributed by atoms with Gasteiger partial charge in [0.2, 0.25) is 0 Å². The number of amides is 1. The van der Waals surface area contributed by atoms with E-state index in [1.54, 1.807) is 24.3 Å². The van der Waals surface area contributed by atoms with E-state index in [-0.39, 0.29) is 12.5 Å². The van der Waals surface area contributed by atoms with Crippen LogP contribution in [0.1, 0.15) is 17.8 Å². The first-order chi connectivity index (χ1) is 17.6. The molecule has 0 fully saturated rings. The maximum Gasteiger partial charge on any atom is 0.257 e. The molecule has 0 spiro atoms. The summed E-state index contributed by atoms with van der Waals surface area (Å²) in [7, 11) is 0. The highest BCUT2D eigenvalue weighted by Crippen LogP contribution is 2.21. The zero-order valence-electron chi connectivity index (χ0n) is 20.2. The first kappa shape index (κ1) is 25.3. The molecule has 3 aromatic carbocycles. The van der Waals surface area contributed by atoms with Crippen molar-refractivity contribution in [1.29, 1.82) is 0 Å². The van der Waals surface area contributed by atoms with E-state index in [0.717, 1.165) is 47.4 Å². The van der Waals surface area contributed by atoms with E-state index in [9.17, 15) is 4.79 Å². The zero-order chi connectivity index (χ0) is 25.2. The number of aromatic nitrogens is 2. The number of benzene rings is 3. The number of imidazole rings is 1. The predicted octanol–water partition coefficient (Wildman–Crippen LogP) is 5.63. The fraction of sp³-hybridized carbons (Fsp3) is 0.241. The molecule has 4 rings (SSSR count). The van der Waals surface area contributed by atoms with Gasteiger partial charge in [0, 0.05) is 18.0 Å². The Hall–Kier alpha value is -3.77. The number of allylic oxidation sites excluding steroid dienone is 1. The van der Waals surface area contributed by atoms with E-state index < -0.39 is 0 Å². The lowest BCUT2D eigenvalue weighted by molar-refractivity contribution is -0.123. The molecule has 7 heteroatoms. The minimum Gasteiger partial charge on any atom is -0.491 e. The molecule has 0 unspecified atom stereocenters. The highest BCUT2D eigenvalue weighted by Gasteiger charge is 2.11. The van der Waals surface area contributed by atoms with Crippen LogP contribution in [0, 0.1) is 0 Å². The van der Waals surface area contributed by atoms with Crippen LogP contribution in [0.3, 0.4) is 0 Å². The molecule has 0 aliphatic carbocycles. The van der Waals surface area contributed by atoms with E-state index in [2.05, 4.69) is 28.6 Å². The van der Waals surface area contributed by atoms with Crippen LogP contribution in [0.25, 0.3) is 11.0 Å². The highest BCUT2D eigenvalue weighted by atomic mass is 35.5. The summed E-state index contributed by atoms with van der Waals surface area (Å²) in [6.45, 7) is 5.54. The molecule has 0 saturated carbocycles. The molecule has 0 saturated heterocycles. The first-order valence-corrected chi connectivity index (χ1v) is 12.4. The molecule has 0 radical (unpaired) electrons. The van der Waals surface area contributed by atoms with Crippen molar-refractivity contribution >= 4 is 28.5 Å². The third-order valence-corrected chi connectivity index (χ3v) is 5.98. The van der Waals surface area contributed by atoms with Crippen LogP contribution in [-0.4, -0.2) is 35.2 Å². The number of nitrogens with one attached hydrogen (secondary N) is 1. The second kappa shape index (κ2) is 12.8. The molecule has 1 aromatic heterocycles. The van der Waals surface area contributed by atoms with E-state index in [4.69, 9.17) is 26.1 Å². The van der Waals surface area contributed by atoms with Crippen molar-refractivity contribution in [2.75, 3.05) is 19.8 Å². The summed E-state index contributed by atoms with van der Waals surface area (Å²) in [5, 5.41) is 3.54. The van der Waals surface area contributed by atoms with Gasteiger partial charge in [-0.3, -0.25) is 4.79 Å². The Morgan fingerprint density at radius 1 is 1.03 bits per heavy atom. The number of fused-ring (bicyclic) bond motifs is 1. The van der Waals surface area contributed by atoms with Gasteiger partial charge < -0.3 is 19.4 Å². The van der Waals surface area contributed by atoms with Crippen LogP contribution >= 0.6 is 11.6 Å². The van der Waals surface area contributed by atoms with E-state index in [1.807, 2.05) is 42.5 Å². The molecular formula is C29H30ClN3O3. The number of ether oxygens (including phenoxy) is 2. The lowest BCUT2D eigenvalue weighted by Gasteiger charge is -2.13. The Morgan fingerprint density at radius 2 is 1.81 bits per heavy atom. The molecule has 6 nitrogen and oxygen atoms in total. The lowest BCUT2D eigenvalue weighted by Crippen LogP contribution is -2.30. The molecule has 186 valence electrons. The van der Waals surface area contributed by atoms with Gasteiger partial charge in [0.05, 0.1) is 17.6 Å². The van der Waals surface area contributed by atoms with Crippen molar-refractivity contribution in [3.63, 3.8) is 0 Å². The average Bonchev–Trinajstić information content (AvgIpc) is 3.25. The van der Waals surface area contributed by atoms with E-state index >= 15 is 0 Å². The summed E-state index contributed by atoms with van der Waals surface area (Å²) < 4.78 is 13.8. The van der Waals surface area contributed by atoms with Crippen molar-refractivity contribution in [2.45, 2.75) is 25.8 Å². The molecule has 4 aromatic rings. The maximum absolute atomic E-state index is 12.1. The number of carbonyl (C=O) groups is 1. The van der Waals surface area contributed by atoms with Gasteiger partial charge in [-0.25, -0.2) is 4.98 Å². The van der Waals surface area contributed by atoms with Crippen LogP contribution in [0.4, 0.5) is 0 Å². The fourth-order valence-electron chi connectivity index (χ4n) is 3.99. The van der Waals surface area contributed by atoms with Gasteiger partial charge >= 0.3 is 0 Å². The number of rotatable bonds is 13. The SMILES string of the molecule is C=CCc1ccccc1OCCn1c(CCCNC(=O)COc2ccc(Cl)cc2)nc2ccccc21. The minimum atomic E-state index is -0.162. The predicted molar refractivity (Wildman–Crippen MR) is 144 cm³/mol. The molecule has 1 N–H and O–H groups in total. The smallest absolute Gasteiger partial charge is 0.257 e. The first-order valence-electron chi connectivity index (χ1n) is 12.0. The number of aryl methyl sites for hydroxylation is 1. The van der Waals surface area contributed by atoms with Gasteiger partial charge in [-0.15, -0.1) is 6.58 Å². The summed E-state index contributed by atoms with van der Waals surface area (Å²) in [6, 6.07) is 23.1. The number of hydrogen-bond donors (Lipinski definition) is 1. The molecule has 0 aliphatic rings. The van der Waals surface area contributed by atoms with Crippen LogP contribution in [-0.2, 0) is 24.2 Å². The van der Waals surface area contributed by atoms with Gasteiger partial charge in [-0.2, -0.15) is 0 Å². The van der Waals surface area contributed by atoms with Gasteiger partial charge in [0.25, 0.3) is 5.91 Å². The quantitative estimate of drug-likeness (QED) is 0.190. The fourth-order valence-corrected chi connectivity index (χ4v) is 4.11. The summed E-state index contributed by atoms with van der Waals surface area (Å²) in [5.41, 5.74) is 3.16. The number of nitrogens with zero attached hydrogens (tertiary/aromatic N) is 2. The van der Waals surface area contributed by atoms with Crippen molar-refractivity contribution < 1.29 is 14.3 Å². The van der Waals surface area contributed by atoms with Crippen molar-refractivity contribution in [2.24, 2.45) is 0 Å². The molecule has 0 aliphatic heterocycles. The molecule has 0 bridgehead atoms. The Kier molecular flexibility index (Phi) is 9.00. The number of halogens is 1. The zero-order valence-corrected chi connectivity index (χ0v) is 20.9. The third kappa shape index (κ3) is 6.89. The topological polar surface area (TPSA) is 65.4 Å². The maximum atomic E-state index is 12.1. The normalized spacial score (nSPS) is 10.8. The van der Waals surface area contributed by atoms with Crippen molar-refractivity contribution in [1.82, 2.24) is 14.9 Å². The third-order valence-electron chi connectivity index (χ3n) is 5.73. The lowest BCUT2D eigenvalue weighted by atomic mass is 10.1. The molecule has 36 heavy (non-hydrogen) atoms. The standard InChI is InChI=1S/C29H30ClN3O3/c1-2-8-22-9-3-6-12-27(22)35-20-19-33-26-11-5-4-10-25(26)32-28(33)13-7-18-31-29(34)21-36-24-16-14-23(30)15-17-24/h2-6,9-12,14-17H,1,7-8,13,18-21H2,(H,31,34). The Labute approximate surface area is 216 Å².